The van der Waals surface area contributed by atoms with E-state index < -0.39 is 0 Å². The van der Waals surface area contributed by atoms with Crippen LogP contribution in [0.15, 0.2) is 12.7 Å². The Labute approximate surface area is 93.2 Å². The number of hydrogen-bond donors (Lipinski definition) is 1. The van der Waals surface area contributed by atoms with Crippen LogP contribution in [0.1, 0.15) is 13.8 Å². The van der Waals surface area contributed by atoms with E-state index in [4.69, 9.17) is 0 Å². The third-order valence-electron chi connectivity index (χ3n) is 2.66. The van der Waals surface area contributed by atoms with Crippen LogP contribution in [0.25, 0.3) is 0 Å². The summed E-state index contributed by atoms with van der Waals surface area (Å²) in [7, 11) is 2.19. The van der Waals surface area contributed by atoms with Crippen molar-refractivity contribution in [3.8, 4) is 0 Å². The summed E-state index contributed by atoms with van der Waals surface area (Å²) in [6.07, 6.45) is 1.31. The van der Waals surface area contributed by atoms with Gasteiger partial charge in [0.25, 0.3) is 0 Å². The van der Waals surface area contributed by atoms with Crippen molar-refractivity contribution in [2.45, 2.75) is 13.8 Å². The highest BCUT2D eigenvalue weighted by Gasteiger charge is 2.15. The highest BCUT2D eigenvalue weighted by molar-refractivity contribution is 5.86. The van der Waals surface area contributed by atoms with E-state index in [0.29, 0.717) is 0 Å². The Kier molecular flexibility index (Phi) is 8.89. The second-order valence-electron chi connectivity index (χ2n) is 3.47. The SMILES string of the molecule is C=CC(=O)NCC[N+](C)(CC)CC.[Cl-]. The summed E-state index contributed by atoms with van der Waals surface area (Å²) >= 11 is 0. The summed E-state index contributed by atoms with van der Waals surface area (Å²) in [6.45, 7) is 11.6. The number of nitrogens with zero attached hydrogens (tertiary/aromatic N) is 1. The molecule has 0 aromatic carbocycles. The number of halogens is 1. The Morgan fingerprint density at radius 2 is 1.93 bits per heavy atom. The summed E-state index contributed by atoms with van der Waals surface area (Å²) in [4.78, 5) is 10.8. The number of carbonyl (C=O) groups excluding carboxylic acids is 1. The minimum absolute atomic E-state index is 0. The topological polar surface area (TPSA) is 29.1 Å². The van der Waals surface area contributed by atoms with Gasteiger partial charge in [0.05, 0.1) is 33.2 Å². The second-order valence-corrected chi connectivity index (χ2v) is 3.47. The molecule has 0 aromatic rings. The maximum absolute atomic E-state index is 10.8. The van der Waals surface area contributed by atoms with Crippen LogP contribution < -0.4 is 17.7 Å². The number of carbonyl (C=O) groups is 1. The van der Waals surface area contributed by atoms with Crippen LogP contribution in [0, 0.1) is 0 Å². The van der Waals surface area contributed by atoms with Gasteiger partial charge in [0.1, 0.15) is 0 Å². The molecule has 84 valence electrons. The molecular formula is C10H21ClN2O. The van der Waals surface area contributed by atoms with Crippen molar-refractivity contribution >= 4 is 5.91 Å². The molecule has 3 nitrogen and oxygen atoms in total. The smallest absolute Gasteiger partial charge is 0.243 e. The Balaban J connectivity index is 0. The molecule has 4 heteroatoms. The van der Waals surface area contributed by atoms with Gasteiger partial charge >= 0.3 is 0 Å². The van der Waals surface area contributed by atoms with Crippen LogP contribution in [0.4, 0.5) is 0 Å². The van der Waals surface area contributed by atoms with Crippen molar-refractivity contribution < 1.29 is 21.7 Å². The fourth-order valence-electron chi connectivity index (χ4n) is 1.06. The summed E-state index contributed by atoms with van der Waals surface area (Å²) < 4.78 is 0.997. The molecule has 0 fully saturated rings. The molecule has 14 heavy (non-hydrogen) atoms. The number of hydrogen-bond acceptors (Lipinski definition) is 1. The van der Waals surface area contributed by atoms with Gasteiger partial charge in [0.15, 0.2) is 0 Å². The van der Waals surface area contributed by atoms with Crippen molar-refractivity contribution in [1.29, 1.82) is 0 Å². The van der Waals surface area contributed by atoms with Gasteiger partial charge in [-0.1, -0.05) is 6.58 Å². The maximum atomic E-state index is 10.8. The van der Waals surface area contributed by atoms with Crippen molar-refractivity contribution in [3.05, 3.63) is 12.7 Å². The van der Waals surface area contributed by atoms with Gasteiger partial charge in [-0.25, -0.2) is 0 Å². The molecule has 0 heterocycles. The van der Waals surface area contributed by atoms with Gasteiger partial charge in [-0.2, -0.15) is 0 Å². The van der Waals surface area contributed by atoms with E-state index in [1.54, 1.807) is 0 Å². The molecule has 0 atom stereocenters. The maximum Gasteiger partial charge on any atom is 0.243 e. The van der Waals surface area contributed by atoms with Gasteiger partial charge in [-0.05, 0) is 19.9 Å². The zero-order valence-corrected chi connectivity index (χ0v) is 10.1. The van der Waals surface area contributed by atoms with E-state index >= 15 is 0 Å². The lowest BCUT2D eigenvalue weighted by Gasteiger charge is -2.32. The zero-order chi connectivity index (χ0) is 10.3. The van der Waals surface area contributed by atoms with E-state index in [0.717, 1.165) is 30.7 Å². The first-order valence-electron chi connectivity index (χ1n) is 4.81. The monoisotopic (exact) mass is 220 g/mol. The van der Waals surface area contributed by atoms with Gasteiger partial charge in [0, 0.05) is 0 Å². The molecule has 0 aliphatic carbocycles. The quantitative estimate of drug-likeness (QED) is 0.399. The van der Waals surface area contributed by atoms with Gasteiger partial charge in [-0.15, -0.1) is 0 Å². The second kappa shape index (κ2) is 7.83. The van der Waals surface area contributed by atoms with Gasteiger partial charge in [-0.3, -0.25) is 4.79 Å². The lowest BCUT2D eigenvalue weighted by atomic mass is 10.4. The number of amides is 1. The highest BCUT2D eigenvalue weighted by atomic mass is 35.5. The van der Waals surface area contributed by atoms with Gasteiger partial charge in [0.2, 0.25) is 5.91 Å². The number of likely N-dealkylation sites (N-methyl/N-ethyl adjacent to an activating group) is 1. The van der Waals surface area contributed by atoms with Crippen LogP contribution in [0.2, 0.25) is 0 Å². The van der Waals surface area contributed by atoms with Crippen molar-refractivity contribution in [2.24, 2.45) is 0 Å². The standard InChI is InChI=1S/C10H20N2O.ClH/c1-5-10(13)11-8-9-12(4,6-2)7-3;/h5H,1,6-9H2,2-4H3;1H. The van der Waals surface area contributed by atoms with E-state index in [1.165, 1.54) is 6.08 Å². The zero-order valence-electron chi connectivity index (χ0n) is 9.35. The average molecular weight is 221 g/mol. The van der Waals surface area contributed by atoms with Crippen LogP contribution in [0.3, 0.4) is 0 Å². The van der Waals surface area contributed by atoms with Gasteiger partial charge < -0.3 is 22.2 Å². The molecule has 0 radical (unpaired) electrons. The van der Waals surface area contributed by atoms with Crippen LogP contribution >= 0.6 is 0 Å². The Morgan fingerprint density at radius 3 is 2.29 bits per heavy atom. The summed E-state index contributed by atoms with van der Waals surface area (Å²) in [5, 5.41) is 2.78. The van der Waals surface area contributed by atoms with Crippen molar-refractivity contribution in [2.75, 3.05) is 33.2 Å². The average Bonchev–Trinajstić information content (AvgIpc) is 2.17. The molecule has 0 saturated heterocycles. The molecular weight excluding hydrogens is 200 g/mol. The minimum atomic E-state index is -0.0845. The van der Waals surface area contributed by atoms with Crippen molar-refractivity contribution in [3.63, 3.8) is 0 Å². The Morgan fingerprint density at radius 1 is 1.43 bits per heavy atom. The van der Waals surface area contributed by atoms with E-state index in [2.05, 4.69) is 32.8 Å². The lowest BCUT2D eigenvalue weighted by Crippen LogP contribution is -3.00. The molecule has 1 amide bonds. The molecule has 0 aliphatic rings. The first kappa shape index (κ1) is 15.9. The van der Waals surface area contributed by atoms with E-state index in [9.17, 15) is 4.79 Å². The largest absolute Gasteiger partial charge is 1.00 e. The molecule has 0 aliphatic heterocycles. The normalized spacial score (nSPS) is 10.2. The van der Waals surface area contributed by atoms with Crippen LogP contribution in [-0.4, -0.2) is 43.6 Å². The molecule has 0 rings (SSSR count). The number of nitrogens with one attached hydrogen (secondary N) is 1. The highest BCUT2D eigenvalue weighted by Crippen LogP contribution is 1.98. The third-order valence-corrected chi connectivity index (χ3v) is 2.66. The first-order chi connectivity index (χ1) is 6.08. The minimum Gasteiger partial charge on any atom is -1.00 e. The lowest BCUT2D eigenvalue weighted by molar-refractivity contribution is -0.904. The first-order valence-corrected chi connectivity index (χ1v) is 4.81. The predicted molar refractivity (Wildman–Crippen MR) is 55.3 cm³/mol. The molecule has 0 aromatic heterocycles. The Hall–Kier alpha value is -0.540. The number of quaternary nitrogens is 1. The molecule has 0 saturated carbocycles. The van der Waals surface area contributed by atoms with E-state index in [1.807, 2.05) is 0 Å². The van der Waals surface area contributed by atoms with Crippen LogP contribution in [-0.2, 0) is 4.79 Å². The van der Waals surface area contributed by atoms with Crippen LogP contribution in [0.5, 0.6) is 0 Å². The van der Waals surface area contributed by atoms with Crippen molar-refractivity contribution in [1.82, 2.24) is 5.32 Å². The third kappa shape index (κ3) is 6.00. The molecule has 0 unspecified atom stereocenters. The number of rotatable bonds is 6. The fraction of sp³-hybridized carbons (Fsp3) is 0.700. The summed E-state index contributed by atoms with van der Waals surface area (Å²) in [5.74, 6) is -0.0845. The molecule has 1 N–H and O–H groups in total. The summed E-state index contributed by atoms with van der Waals surface area (Å²) in [5.41, 5.74) is 0. The predicted octanol–water partition coefficient (Wildman–Crippen LogP) is -2.22. The molecule has 0 spiro atoms. The van der Waals surface area contributed by atoms with E-state index in [-0.39, 0.29) is 18.3 Å². The fourth-order valence-corrected chi connectivity index (χ4v) is 1.06. The molecule has 0 bridgehead atoms. The summed E-state index contributed by atoms with van der Waals surface area (Å²) in [6, 6.07) is 0. The Bertz CT molecular complexity index is 179.